The molecule has 5 heteroatoms. The maximum atomic E-state index is 12.0. The van der Waals surface area contributed by atoms with Gasteiger partial charge < -0.3 is 9.73 Å². The third-order valence-corrected chi connectivity index (χ3v) is 3.49. The number of halogens is 1. The predicted octanol–water partition coefficient (Wildman–Crippen LogP) is 4.51. The standard InChI is InChI=1S/C17H21ClN2O2/c1-11-14(22-16(19-11)17(2,3)4)9-10-15(21)20-13-7-5-12(18)6-8-13/h5-8H,9-10H2,1-4H3,(H,20,21). The van der Waals surface area contributed by atoms with E-state index in [4.69, 9.17) is 16.0 Å². The molecular weight excluding hydrogens is 300 g/mol. The quantitative estimate of drug-likeness (QED) is 0.902. The molecule has 0 atom stereocenters. The monoisotopic (exact) mass is 320 g/mol. The molecule has 0 bridgehead atoms. The van der Waals surface area contributed by atoms with Gasteiger partial charge >= 0.3 is 0 Å². The molecular formula is C17H21ClN2O2. The van der Waals surface area contributed by atoms with E-state index in [1.54, 1.807) is 24.3 Å². The fourth-order valence-electron chi connectivity index (χ4n) is 1.96. The van der Waals surface area contributed by atoms with Crippen molar-refractivity contribution in [3.63, 3.8) is 0 Å². The molecule has 0 aliphatic rings. The fourth-order valence-corrected chi connectivity index (χ4v) is 2.09. The minimum absolute atomic E-state index is 0.0598. The summed E-state index contributed by atoms with van der Waals surface area (Å²) >= 11 is 5.81. The molecule has 0 fully saturated rings. The highest BCUT2D eigenvalue weighted by Gasteiger charge is 2.22. The molecule has 1 amide bonds. The van der Waals surface area contributed by atoms with Crippen molar-refractivity contribution in [2.24, 2.45) is 0 Å². The number of nitrogens with zero attached hydrogens (tertiary/aromatic N) is 1. The molecule has 0 aliphatic carbocycles. The van der Waals surface area contributed by atoms with E-state index in [-0.39, 0.29) is 11.3 Å². The van der Waals surface area contributed by atoms with Crippen molar-refractivity contribution >= 4 is 23.2 Å². The number of nitrogens with one attached hydrogen (secondary N) is 1. The molecule has 0 spiro atoms. The van der Waals surface area contributed by atoms with Gasteiger partial charge in [0.1, 0.15) is 5.76 Å². The smallest absolute Gasteiger partial charge is 0.224 e. The number of aromatic nitrogens is 1. The number of benzene rings is 1. The molecule has 22 heavy (non-hydrogen) atoms. The van der Waals surface area contributed by atoms with Gasteiger partial charge in [-0.2, -0.15) is 0 Å². The third kappa shape index (κ3) is 4.34. The Morgan fingerprint density at radius 1 is 1.27 bits per heavy atom. The lowest BCUT2D eigenvalue weighted by molar-refractivity contribution is -0.116. The molecule has 0 saturated carbocycles. The van der Waals surface area contributed by atoms with Crippen molar-refractivity contribution < 1.29 is 9.21 Å². The van der Waals surface area contributed by atoms with Crippen molar-refractivity contribution in [3.8, 4) is 0 Å². The van der Waals surface area contributed by atoms with Crippen molar-refractivity contribution in [1.29, 1.82) is 0 Å². The van der Waals surface area contributed by atoms with Crippen LogP contribution in [0, 0.1) is 6.92 Å². The van der Waals surface area contributed by atoms with Gasteiger partial charge in [-0.25, -0.2) is 4.98 Å². The Labute approximate surface area is 135 Å². The van der Waals surface area contributed by atoms with Gasteiger partial charge in [0.25, 0.3) is 0 Å². The summed E-state index contributed by atoms with van der Waals surface area (Å²) in [5, 5.41) is 3.48. The first-order valence-electron chi connectivity index (χ1n) is 7.28. The minimum atomic E-state index is -0.130. The van der Waals surface area contributed by atoms with Crippen LogP contribution in [0.25, 0.3) is 0 Å². The zero-order chi connectivity index (χ0) is 16.3. The predicted molar refractivity (Wildman–Crippen MR) is 88.3 cm³/mol. The molecule has 2 aromatic rings. The number of anilines is 1. The Hall–Kier alpha value is -1.81. The van der Waals surface area contributed by atoms with E-state index in [2.05, 4.69) is 31.1 Å². The summed E-state index contributed by atoms with van der Waals surface area (Å²) in [5.74, 6) is 1.42. The van der Waals surface area contributed by atoms with Crippen LogP contribution in [0.3, 0.4) is 0 Å². The van der Waals surface area contributed by atoms with E-state index >= 15 is 0 Å². The van der Waals surface area contributed by atoms with Crippen LogP contribution in [0.1, 0.15) is 44.5 Å². The first-order chi connectivity index (χ1) is 10.3. The van der Waals surface area contributed by atoms with Gasteiger partial charge in [-0.3, -0.25) is 4.79 Å². The number of hydrogen-bond donors (Lipinski definition) is 1. The number of amides is 1. The van der Waals surface area contributed by atoms with E-state index in [0.717, 1.165) is 17.1 Å². The van der Waals surface area contributed by atoms with Crippen LogP contribution in [0.15, 0.2) is 28.7 Å². The minimum Gasteiger partial charge on any atom is -0.445 e. The van der Waals surface area contributed by atoms with Crippen molar-refractivity contribution in [2.45, 2.75) is 46.0 Å². The first-order valence-corrected chi connectivity index (χ1v) is 7.66. The molecule has 0 aliphatic heterocycles. The highest BCUT2D eigenvalue weighted by atomic mass is 35.5. The van der Waals surface area contributed by atoms with Crippen LogP contribution < -0.4 is 5.32 Å². The molecule has 118 valence electrons. The lowest BCUT2D eigenvalue weighted by Gasteiger charge is -2.12. The topological polar surface area (TPSA) is 55.1 Å². The van der Waals surface area contributed by atoms with Crippen LogP contribution in [0.2, 0.25) is 5.02 Å². The van der Waals surface area contributed by atoms with Crippen molar-refractivity contribution in [1.82, 2.24) is 4.98 Å². The molecule has 0 radical (unpaired) electrons. The van der Waals surface area contributed by atoms with Gasteiger partial charge in [-0.1, -0.05) is 32.4 Å². The van der Waals surface area contributed by atoms with E-state index in [0.29, 0.717) is 23.8 Å². The third-order valence-electron chi connectivity index (χ3n) is 3.24. The second-order valence-corrected chi connectivity index (χ2v) is 6.77. The summed E-state index contributed by atoms with van der Waals surface area (Å²) in [6.07, 6.45) is 0.885. The number of oxazole rings is 1. The van der Waals surface area contributed by atoms with Crippen LogP contribution >= 0.6 is 11.6 Å². The zero-order valence-electron chi connectivity index (χ0n) is 13.4. The number of aryl methyl sites for hydroxylation is 2. The average molecular weight is 321 g/mol. The van der Waals surface area contributed by atoms with E-state index in [1.165, 1.54) is 0 Å². The van der Waals surface area contributed by atoms with Crippen LogP contribution in [0.4, 0.5) is 5.69 Å². The molecule has 1 N–H and O–H groups in total. The van der Waals surface area contributed by atoms with Gasteiger partial charge in [0, 0.05) is 29.0 Å². The second kappa shape index (κ2) is 6.53. The van der Waals surface area contributed by atoms with Gasteiger partial charge in [0.2, 0.25) is 5.91 Å². The number of carbonyl (C=O) groups excluding carboxylic acids is 1. The van der Waals surface area contributed by atoms with Crippen LogP contribution in [-0.2, 0) is 16.6 Å². The van der Waals surface area contributed by atoms with Gasteiger partial charge in [0.15, 0.2) is 5.89 Å². The maximum Gasteiger partial charge on any atom is 0.224 e. The largest absolute Gasteiger partial charge is 0.445 e. The normalized spacial score (nSPS) is 11.5. The Morgan fingerprint density at radius 3 is 2.45 bits per heavy atom. The molecule has 1 heterocycles. The summed E-state index contributed by atoms with van der Waals surface area (Å²) in [7, 11) is 0. The first kappa shape index (κ1) is 16.6. The number of hydrogen-bond acceptors (Lipinski definition) is 3. The molecule has 1 aromatic heterocycles. The number of carbonyl (C=O) groups is 1. The fraction of sp³-hybridized carbons (Fsp3) is 0.412. The SMILES string of the molecule is Cc1nc(C(C)(C)C)oc1CCC(=O)Nc1ccc(Cl)cc1. The summed E-state index contributed by atoms with van der Waals surface area (Å²) in [6.45, 7) is 8.06. The Balaban J connectivity index is 1.94. The maximum absolute atomic E-state index is 12.0. The van der Waals surface area contributed by atoms with Crippen LogP contribution in [-0.4, -0.2) is 10.9 Å². The zero-order valence-corrected chi connectivity index (χ0v) is 14.1. The second-order valence-electron chi connectivity index (χ2n) is 6.33. The Bertz CT molecular complexity index is 654. The Kier molecular flexibility index (Phi) is 4.91. The van der Waals surface area contributed by atoms with Gasteiger partial charge in [0.05, 0.1) is 5.69 Å². The highest BCUT2D eigenvalue weighted by molar-refractivity contribution is 6.30. The average Bonchev–Trinajstić information content (AvgIpc) is 2.80. The lowest BCUT2D eigenvalue weighted by Crippen LogP contribution is -2.12. The van der Waals surface area contributed by atoms with Crippen molar-refractivity contribution in [3.05, 3.63) is 46.6 Å². The molecule has 1 aromatic carbocycles. The van der Waals surface area contributed by atoms with Crippen LogP contribution in [0.5, 0.6) is 0 Å². The highest BCUT2D eigenvalue weighted by Crippen LogP contribution is 2.24. The molecule has 0 saturated heterocycles. The lowest BCUT2D eigenvalue weighted by atomic mass is 9.97. The van der Waals surface area contributed by atoms with Crippen molar-refractivity contribution in [2.75, 3.05) is 5.32 Å². The summed E-state index contributed by atoms with van der Waals surface area (Å²) in [4.78, 5) is 16.4. The Morgan fingerprint density at radius 2 is 1.91 bits per heavy atom. The van der Waals surface area contributed by atoms with E-state index < -0.39 is 0 Å². The summed E-state index contributed by atoms with van der Waals surface area (Å²) in [6, 6.07) is 7.04. The molecule has 4 nitrogen and oxygen atoms in total. The number of rotatable bonds is 4. The summed E-state index contributed by atoms with van der Waals surface area (Å²) < 4.78 is 5.79. The van der Waals surface area contributed by atoms with Gasteiger partial charge in [-0.05, 0) is 31.2 Å². The van der Waals surface area contributed by atoms with Gasteiger partial charge in [-0.15, -0.1) is 0 Å². The molecule has 0 unspecified atom stereocenters. The van der Waals surface area contributed by atoms with E-state index in [9.17, 15) is 4.79 Å². The molecule has 2 rings (SSSR count). The summed E-state index contributed by atoms with van der Waals surface area (Å²) in [5.41, 5.74) is 1.46. The van der Waals surface area contributed by atoms with E-state index in [1.807, 2.05) is 6.92 Å².